The minimum Gasteiger partial charge on any atom is -0.493 e. The number of carbonyl (C=O) groups excluding carboxylic acids is 1. The van der Waals surface area contributed by atoms with Crippen molar-refractivity contribution in [3.8, 4) is 11.5 Å². The number of hydrogen-bond donors (Lipinski definition) is 0. The van der Waals surface area contributed by atoms with Gasteiger partial charge < -0.3 is 24.0 Å². The molecule has 0 N–H and O–H groups in total. The highest BCUT2D eigenvalue weighted by molar-refractivity contribution is 5.95. The van der Waals surface area contributed by atoms with Gasteiger partial charge in [-0.25, -0.2) is 0 Å². The second-order valence-corrected chi connectivity index (χ2v) is 8.06. The molecule has 2 heterocycles. The Morgan fingerprint density at radius 1 is 1.00 bits per heavy atom. The summed E-state index contributed by atoms with van der Waals surface area (Å²) in [6.45, 7) is 4.71. The van der Waals surface area contributed by atoms with Gasteiger partial charge in [-0.2, -0.15) is 0 Å². The van der Waals surface area contributed by atoms with Gasteiger partial charge in [0.15, 0.2) is 11.5 Å². The number of ether oxygens (including phenoxy) is 3. The van der Waals surface area contributed by atoms with E-state index in [1.165, 1.54) is 25.7 Å². The topological polar surface area (TPSA) is 51.2 Å². The fraction of sp³-hybridized carbons (Fsp3) is 0.682. The van der Waals surface area contributed by atoms with Crippen LogP contribution in [0, 0.1) is 0 Å². The van der Waals surface area contributed by atoms with Crippen LogP contribution in [0.1, 0.15) is 48.9 Å². The van der Waals surface area contributed by atoms with Crippen LogP contribution in [-0.2, 0) is 4.74 Å². The number of amides is 1. The maximum atomic E-state index is 12.7. The molecular formula is C22H32N2O4. The van der Waals surface area contributed by atoms with Gasteiger partial charge >= 0.3 is 0 Å². The highest BCUT2D eigenvalue weighted by atomic mass is 16.5. The number of nitrogens with zero attached hydrogens (tertiary/aromatic N) is 2. The summed E-state index contributed by atoms with van der Waals surface area (Å²) < 4.78 is 17.1. The molecule has 154 valence electrons. The molecule has 2 aliphatic heterocycles. The number of methoxy groups -OCH3 is 1. The number of hydrogen-bond acceptors (Lipinski definition) is 5. The number of morpholine rings is 1. The summed E-state index contributed by atoms with van der Waals surface area (Å²) in [5, 5.41) is 0. The summed E-state index contributed by atoms with van der Waals surface area (Å²) in [6.07, 6.45) is 7.80. The van der Waals surface area contributed by atoms with E-state index in [1.807, 2.05) is 17.0 Å². The van der Waals surface area contributed by atoms with Crippen LogP contribution in [0.5, 0.6) is 11.5 Å². The molecule has 3 fully saturated rings. The minimum absolute atomic E-state index is 0.0259. The van der Waals surface area contributed by atoms with Gasteiger partial charge in [0.05, 0.1) is 20.3 Å². The molecule has 0 radical (unpaired) electrons. The molecule has 0 spiro atoms. The molecule has 6 heteroatoms. The van der Waals surface area contributed by atoms with Gasteiger partial charge in [-0.1, -0.05) is 12.8 Å². The molecule has 1 aromatic carbocycles. The second kappa shape index (κ2) is 9.14. The van der Waals surface area contributed by atoms with Gasteiger partial charge in [0.2, 0.25) is 0 Å². The third kappa shape index (κ3) is 4.44. The Morgan fingerprint density at radius 2 is 1.71 bits per heavy atom. The Hall–Kier alpha value is -1.79. The van der Waals surface area contributed by atoms with Crippen LogP contribution >= 0.6 is 0 Å². The van der Waals surface area contributed by atoms with Crippen LogP contribution in [0.4, 0.5) is 0 Å². The number of benzene rings is 1. The summed E-state index contributed by atoms with van der Waals surface area (Å²) in [5.41, 5.74) is 0.641. The van der Waals surface area contributed by atoms with E-state index in [4.69, 9.17) is 14.2 Å². The molecule has 1 amide bonds. The van der Waals surface area contributed by atoms with Crippen LogP contribution in [0.2, 0.25) is 0 Å². The highest BCUT2D eigenvalue weighted by Crippen LogP contribution is 2.32. The van der Waals surface area contributed by atoms with E-state index in [9.17, 15) is 4.79 Å². The lowest BCUT2D eigenvalue weighted by Crippen LogP contribution is -2.43. The second-order valence-electron chi connectivity index (χ2n) is 8.06. The maximum absolute atomic E-state index is 12.7. The Labute approximate surface area is 167 Å². The average molecular weight is 389 g/mol. The van der Waals surface area contributed by atoms with E-state index in [2.05, 4.69) is 4.90 Å². The maximum Gasteiger partial charge on any atom is 0.254 e. The van der Waals surface area contributed by atoms with Crippen LogP contribution in [0.25, 0.3) is 0 Å². The predicted molar refractivity (Wildman–Crippen MR) is 107 cm³/mol. The normalized spacial score (nSPS) is 22.4. The zero-order valence-corrected chi connectivity index (χ0v) is 16.9. The van der Waals surface area contributed by atoms with Gasteiger partial charge in [0.25, 0.3) is 5.91 Å². The first kappa shape index (κ1) is 19.5. The van der Waals surface area contributed by atoms with Crippen molar-refractivity contribution in [1.29, 1.82) is 0 Å². The quantitative estimate of drug-likeness (QED) is 0.776. The van der Waals surface area contributed by atoms with E-state index < -0.39 is 0 Å². The van der Waals surface area contributed by atoms with Crippen molar-refractivity contribution in [3.63, 3.8) is 0 Å². The predicted octanol–water partition coefficient (Wildman–Crippen LogP) is 2.95. The Kier molecular flexibility index (Phi) is 6.37. The van der Waals surface area contributed by atoms with Gasteiger partial charge in [-0.15, -0.1) is 0 Å². The third-order valence-corrected chi connectivity index (χ3v) is 6.32. The lowest BCUT2D eigenvalue weighted by molar-refractivity contribution is 0.0302. The van der Waals surface area contributed by atoms with Crippen molar-refractivity contribution < 1.29 is 19.0 Å². The van der Waals surface area contributed by atoms with Crippen LogP contribution in [0.15, 0.2) is 18.2 Å². The molecule has 2 saturated heterocycles. The SMILES string of the molecule is COc1cc(C(=O)N2CCOCC2)ccc1OC1CCN(C2CCCC2)CC1. The zero-order valence-electron chi connectivity index (χ0n) is 16.9. The first-order chi connectivity index (χ1) is 13.7. The van der Waals surface area contributed by atoms with Crippen molar-refractivity contribution >= 4 is 5.91 Å². The van der Waals surface area contributed by atoms with Gasteiger partial charge in [0, 0.05) is 37.8 Å². The highest BCUT2D eigenvalue weighted by Gasteiger charge is 2.28. The van der Waals surface area contributed by atoms with E-state index >= 15 is 0 Å². The smallest absolute Gasteiger partial charge is 0.254 e. The summed E-state index contributed by atoms with van der Waals surface area (Å²) in [7, 11) is 1.63. The zero-order chi connectivity index (χ0) is 19.3. The minimum atomic E-state index is 0.0259. The summed E-state index contributed by atoms with van der Waals surface area (Å²) in [5.74, 6) is 1.40. The molecule has 0 aromatic heterocycles. The molecule has 3 aliphatic rings. The number of likely N-dealkylation sites (tertiary alicyclic amines) is 1. The average Bonchev–Trinajstić information content (AvgIpc) is 3.29. The first-order valence-electron chi connectivity index (χ1n) is 10.7. The molecule has 28 heavy (non-hydrogen) atoms. The molecule has 0 bridgehead atoms. The van der Waals surface area contributed by atoms with E-state index in [-0.39, 0.29) is 12.0 Å². The first-order valence-corrected chi connectivity index (χ1v) is 10.7. The Balaban J connectivity index is 1.36. The molecule has 1 saturated carbocycles. The van der Waals surface area contributed by atoms with Crippen molar-refractivity contribution in [2.24, 2.45) is 0 Å². The fourth-order valence-electron chi connectivity index (χ4n) is 4.65. The lowest BCUT2D eigenvalue weighted by Gasteiger charge is -2.36. The molecule has 0 atom stereocenters. The molecule has 1 aliphatic carbocycles. The largest absolute Gasteiger partial charge is 0.493 e. The molecule has 1 aromatic rings. The molecule has 4 rings (SSSR count). The fourth-order valence-corrected chi connectivity index (χ4v) is 4.65. The van der Waals surface area contributed by atoms with Gasteiger partial charge in [-0.3, -0.25) is 4.79 Å². The van der Waals surface area contributed by atoms with E-state index in [0.717, 1.165) is 37.7 Å². The van der Waals surface area contributed by atoms with Gasteiger partial charge in [-0.05, 0) is 43.9 Å². The lowest BCUT2D eigenvalue weighted by atomic mass is 10.0. The summed E-state index contributed by atoms with van der Waals surface area (Å²) >= 11 is 0. The Bertz CT molecular complexity index is 661. The summed E-state index contributed by atoms with van der Waals surface area (Å²) in [6, 6.07) is 6.33. The number of carbonyl (C=O) groups is 1. The number of rotatable bonds is 5. The molecule has 0 unspecified atom stereocenters. The summed E-state index contributed by atoms with van der Waals surface area (Å²) in [4.78, 5) is 17.2. The van der Waals surface area contributed by atoms with Crippen molar-refractivity contribution in [2.45, 2.75) is 50.7 Å². The van der Waals surface area contributed by atoms with Gasteiger partial charge in [0.1, 0.15) is 6.10 Å². The monoisotopic (exact) mass is 388 g/mol. The molecule has 6 nitrogen and oxygen atoms in total. The van der Waals surface area contributed by atoms with Crippen molar-refractivity contribution in [3.05, 3.63) is 23.8 Å². The number of piperidine rings is 1. The van der Waals surface area contributed by atoms with Crippen LogP contribution < -0.4 is 9.47 Å². The van der Waals surface area contributed by atoms with Crippen molar-refractivity contribution in [2.75, 3.05) is 46.5 Å². The molecular weight excluding hydrogens is 356 g/mol. The standard InChI is InChI=1S/C22H32N2O4/c1-26-21-16-17(22(25)24-12-14-27-15-13-24)6-7-20(21)28-19-8-10-23(11-9-19)18-4-2-3-5-18/h6-7,16,18-19H,2-5,8-15H2,1H3. The van der Waals surface area contributed by atoms with E-state index in [0.29, 0.717) is 37.6 Å². The van der Waals surface area contributed by atoms with E-state index in [1.54, 1.807) is 13.2 Å². The van der Waals surface area contributed by atoms with Crippen molar-refractivity contribution in [1.82, 2.24) is 9.80 Å². The third-order valence-electron chi connectivity index (χ3n) is 6.32. The van der Waals surface area contributed by atoms with Crippen LogP contribution in [0.3, 0.4) is 0 Å². The Morgan fingerprint density at radius 3 is 2.39 bits per heavy atom. The van der Waals surface area contributed by atoms with Crippen LogP contribution in [-0.4, -0.2) is 74.4 Å².